The summed E-state index contributed by atoms with van der Waals surface area (Å²) in [5.41, 5.74) is 4.42. The SMILES string of the molecule is Cc1ccccc1C(NC(=S)Nc1ccc2c(c1)OCO2)c1ccccc1. The molecule has 0 saturated carbocycles. The standard InChI is InChI=1S/C22H20N2O2S/c1-15-7-5-6-10-18(15)21(16-8-3-2-4-9-16)24-22(27)23-17-11-12-19-20(13-17)26-14-25-19/h2-13,21H,14H2,1H3,(H2,23,24,27). The Bertz CT molecular complexity index is 960. The molecule has 3 aromatic rings. The molecule has 0 aliphatic carbocycles. The smallest absolute Gasteiger partial charge is 0.231 e. The second-order valence-corrected chi connectivity index (χ2v) is 6.78. The summed E-state index contributed by atoms with van der Waals surface area (Å²) >= 11 is 5.59. The molecule has 1 aliphatic rings. The third kappa shape index (κ3) is 3.88. The van der Waals surface area contributed by atoms with Crippen LogP contribution in [0.25, 0.3) is 0 Å². The summed E-state index contributed by atoms with van der Waals surface area (Å²) in [7, 11) is 0. The van der Waals surface area contributed by atoms with Gasteiger partial charge in [-0.1, -0.05) is 54.6 Å². The first-order valence-electron chi connectivity index (χ1n) is 8.78. The van der Waals surface area contributed by atoms with Crippen molar-refractivity contribution < 1.29 is 9.47 Å². The van der Waals surface area contributed by atoms with E-state index in [1.807, 2.05) is 48.5 Å². The minimum Gasteiger partial charge on any atom is -0.454 e. The minimum absolute atomic E-state index is 0.0404. The van der Waals surface area contributed by atoms with Crippen molar-refractivity contribution in [3.63, 3.8) is 0 Å². The quantitative estimate of drug-likeness (QED) is 0.640. The second kappa shape index (κ2) is 7.68. The molecule has 0 radical (unpaired) electrons. The van der Waals surface area contributed by atoms with Gasteiger partial charge in [-0.2, -0.15) is 0 Å². The molecular formula is C22H20N2O2S. The Hall–Kier alpha value is -3.05. The van der Waals surface area contributed by atoms with Crippen LogP contribution in [0.3, 0.4) is 0 Å². The van der Waals surface area contributed by atoms with Gasteiger partial charge in [-0.3, -0.25) is 0 Å². The molecule has 0 bridgehead atoms. The molecule has 1 aliphatic heterocycles. The number of nitrogens with one attached hydrogen (secondary N) is 2. The van der Waals surface area contributed by atoms with Crippen molar-refractivity contribution in [1.82, 2.24) is 5.32 Å². The van der Waals surface area contributed by atoms with Crippen LogP contribution >= 0.6 is 12.2 Å². The first-order valence-corrected chi connectivity index (χ1v) is 9.19. The predicted molar refractivity (Wildman–Crippen MR) is 111 cm³/mol. The first-order chi connectivity index (χ1) is 13.2. The zero-order chi connectivity index (χ0) is 18.6. The molecule has 4 nitrogen and oxygen atoms in total. The summed E-state index contributed by atoms with van der Waals surface area (Å²) < 4.78 is 10.8. The van der Waals surface area contributed by atoms with Crippen molar-refractivity contribution in [3.05, 3.63) is 89.5 Å². The molecule has 0 aromatic heterocycles. The fraction of sp³-hybridized carbons (Fsp3) is 0.136. The van der Waals surface area contributed by atoms with Gasteiger partial charge in [-0.15, -0.1) is 0 Å². The van der Waals surface area contributed by atoms with E-state index in [9.17, 15) is 0 Å². The maximum atomic E-state index is 5.59. The molecule has 1 heterocycles. The normalized spacial score (nSPS) is 13.1. The average Bonchev–Trinajstić information content (AvgIpc) is 3.15. The summed E-state index contributed by atoms with van der Waals surface area (Å²) in [5.74, 6) is 1.47. The fourth-order valence-electron chi connectivity index (χ4n) is 3.17. The van der Waals surface area contributed by atoms with E-state index in [0.29, 0.717) is 5.11 Å². The Labute approximate surface area is 164 Å². The number of benzene rings is 3. The lowest BCUT2D eigenvalue weighted by Crippen LogP contribution is -2.33. The summed E-state index contributed by atoms with van der Waals surface area (Å²) in [6.07, 6.45) is 0. The van der Waals surface area contributed by atoms with Gasteiger partial charge < -0.3 is 20.1 Å². The lowest BCUT2D eigenvalue weighted by Gasteiger charge is -2.23. The zero-order valence-corrected chi connectivity index (χ0v) is 15.8. The number of hydrogen-bond donors (Lipinski definition) is 2. The van der Waals surface area contributed by atoms with Crippen molar-refractivity contribution in [2.45, 2.75) is 13.0 Å². The highest BCUT2D eigenvalue weighted by Crippen LogP contribution is 2.34. The fourth-order valence-corrected chi connectivity index (χ4v) is 3.41. The lowest BCUT2D eigenvalue weighted by atomic mass is 9.95. The van der Waals surface area contributed by atoms with Crippen LogP contribution < -0.4 is 20.1 Å². The third-order valence-corrected chi connectivity index (χ3v) is 4.76. The molecule has 4 rings (SSSR count). The maximum absolute atomic E-state index is 5.59. The van der Waals surface area contributed by atoms with E-state index in [0.717, 1.165) is 22.7 Å². The van der Waals surface area contributed by atoms with Gasteiger partial charge in [-0.25, -0.2) is 0 Å². The van der Waals surface area contributed by atoms with E-state index >= 15 is 0 Å². The van der Waals surface area contributed by atoms with Gasteiger partial charge in [0.05, 0.1) is 6.04 Å². The number of aryl methyl sites for hydroxylation is 1. The van der Waals surface area contributed by atoms with Crippen molar-refractivity contribution in [2.24, 2.45) is 0 Å². The molecule has 2 N–H and O–H groups in total. The van der Waals surface area contributed by atoms with E-state index in [1.165, 1.54) is 11.1 Å². The Balaban J connectivity index is 1.56. The van der Waals surface area contributed by atoms with Crippen molar-refractivity contribution >= 4 is 23.0 Å². The van der Waals surface area contributed by atoms with E-state index in [-0.39, 0.29) is 12.8 Å². The number of hydrogen-bond acceptors (Lipinski definition) is 3. The van der Waals surface area contributed by atoms with E-state index in [2.05, 4.69) is 41.8 Å². The Morgan fingerprint density at radius 2 is 1.67 bits per heavy atom. The molecule has 1 unspecified atom stereocenters. The van der Waals surface area contributed by atoms with E-state index in [1.54, 1.807) is 0 Å². The molecular weight excluding hydrogens is 356 g/mol. The van der Waals surface area contributed by atoms with E-state index < -0.39 is 0 Å². The highest BCUT2D eigenvalue weighted by atomic mass is 32.1. The van der Waals surface area contributed by atoms with Gasteiger partial charge in [0.2, 0.25) is 6.79 Å². The summed E-state index contributed by atoms with van der Waals surface area (Å²) in [6.45, 7) is 2.37. The molecule has 0 saturated heterocycles. The number of rotatable bonds is 4. The van der Waals surface area contributed by atoms with Crippen LogP contribution in [0, 0.1) is 6.92 Å². The van der Waals surface area contributed by atoms with Crippen LogP contribution in [0.15, 0.2) is 72.8 Å². The van der Waals surface area contributed by atoms with E-state index in [4.69, 9.17) is 21.7 Å². The number of anilines is 1. The van der Waals surface area contributed by atoms with Crippen LogP contribution in [0.4, 0.5) is 5.69 Å². The molecule has 0 spiro atoms. The molecule has 0 fully saturated rings. The molecule has 27 heavy (non-hydrogen) atoms. The van der Waals surface area contributed by atoms with Crippen LogP contribution in [0.5, 0.6) is 11.5 Å². The monoisotopic (exact) mass is 376 g/mol. The number of ether oxygens (including phenoxy) is 2. The highest BCUT2D eigenvalue weighted by molar-refractivity contribution is 7.80. The van der Waals surface area contributed by atoms with Gasteiger partial charge >= 0.3 is 0 Å². The maximum Gasteiger partial charge on any atom is 0.231 e. The van der Waals surface area contributed by atoms with Crippen molar-refractivity contribution in [2.75, 3.05) is 12.1 Å². The second-order valence-electron chi connectivity index (χ2n) is 6.37. The molecule has 1 atom stereocenters. The van der Waals surface area contributed by atoms with Gasteiger partial charge in [0.15, 0.2) is 16.6 Å². The van der Waals surface area contributed by atoms with Crippen LogP contribution in [0.1, 0.15) is 22.7 Å². The Morgan fingerprint density at radius 1 is 0.926 bits per heavy atom. The summed E-state index contributed by atoms with van der Waals surface area (Å²) in [4.78, 5) is 0. The average molecular weight is 376 g/mol. The van der Waals surface area contributed by atoms with Crippen molar-refractivity contribution in [3.8, 4) is 11.5 Å². The minimum atomic E-state index is -0.0404. The topological polar surface area (TPSA) is 42.5 Å². The lowest BCUT2D eigenvalue weighted by molar-refractivity contribution is 0.174. The summed E-state index contributed by atoms with van der Waals surface area (Å²) in [6, 6.07) is 24.3. The number of fused-ring (bicyclic) bond motifs is 1. The molecule has 0 amide bonds. The largest absolute Gasteiger partial charge is 0.454 e. The third-order valence-electron chi connectivity index (χ3n) is 4.54. The van der Waals surface area contributed by atoms with Crippen molar-refractivity contribution in [1.29, 1.82) is 0 Å². The van der Waals surface area contributed by atoms with Gasteiger partial charge in [-0.05, 0) is 48.0 Å². The Morgan fingerprint density at radius 3 is 2.48 bits per heavy atom. The van der Waals surface area contributed by atoms with Crippen LogP contribution in [-0.4, -0.2) is 11.9 Å². The predicted octanol–water partition coefficient (Wildman–Crippen LogP) is 4.80. The van der Waals surface area contributed by atoms with Gasteiger partial charge in [0.1, 0.15) is 0 Å². The Kier molecular flexibility index (Phi) is 4.94. The molecule has 3 aromatic carbocycles. The van der Waals surface area contributed by atoms with Crippen LogP contribution in [-0.2, 0) is 0 Å². The molecule has 136 valence electrons. The highest BCUT2D eigenvalue weighted by Gasteiger charge is 2.18. The summed E-state index contributed by atoms with van der Waals surface area (Å²) in [5, 5.41) is 7.25. The van der Waals surface area contributed by atoms with Gasteiger partial charge in [0.25, 0.3) is 0 Å². The van der Waals surface area contributed by atoms with Crippen LogP contribution in [0.2, 0.25) is 0 Å². The molecule has 5 heteroatoms. The van der Waals surface area contributed by atoms with Gasteiger partial charge in [0, 0.05) is 11.8 Å². The first kappa shape index (κ1) is 17.4. The zero-order valence-electron chi connectivity index (χ0n) is 14.9. The number of thiocarbonyl (C=S) groups is 1.